The van der Waals surface area contributed by atoms with Gasteiger partial charge in [-0.1, -0.05) is 41.7 Å². The molecule has 31 heavy (non-hydrogen) atoms. The molecule has 4 aromatic rings. The van der Waals surface area contributed by atoms with Crippen molar-refractivity contribution in [1.29, 1.82) is 0 Å². The first kappa shape index (κ1) is 21.1. The summed E-state index contributed by atoms with van der Waals surface area (Å²) in [5, 5.41) is 8.82. The molecule has 158 valence electrons. The molecule has 0 amide bonds. The van der Waals surface area contributed by atoms with Gasteiger partial charge in [0.1, 0.15) is 0 Å². The number of thiazole rings is 1. The quantitative estimate of drug-likeness (QED) is 0.275. The lowest BCUT2D eigenvalue weighted by molar-refractivity contribution is 0.483. The first-order valence-corrected chi connectivity index (χ1v) is 11.9. The molecule has 0 aliphatic heterocycles. The van der Waals surface area contributed by atoms with E-state index in [1.165, 1.54) is 29.0 Å². The van der Waals surface area contributed by atoms with Crippen LogP contribution in [-0.2, 0) is 16.7 Å². The van der Waals surface area contributed by atoms with Crippen LogP contribution < -0.4 is 4.90 Å². The molecule has 0 fully saturated rings. The average Bonchev–Trinajstić information content (AvgIpc) is 3.19. The number of azo groups is 1. The number of nitrogens with zero attached hydrogens (tertiary/aromatic N) is 4. The minimum absolute atomic E-state index is 0.194. The molecule has 3 aromatic carbocycles. The zero-order valence-corrected chi connectivity index (χ0v) is 18.3. The van der Waals surface area contributed by atoms with Gasteiger partial charge in [-0.3, -0.25) is 4.55 Å². The van der Waals surface area contributed by atoms with Crippen molar-refractivity contribution < 1.29 is 13.0 Å². The summed E-state index contributed by atoms with van der Waals surface area (Å²) >= 11 is 1.29. The van der Waals surface area contributed by atoms with E-state index in [0.717, 1.165) is 23.5 Å². The van der Waals surface area contributed by atoms with Gasteiger partial charge in [0.25, 0.3) is 10.1 Å². The van der Waals surface area contributed by atoms with E-state index < -0.39 is 10.1 Å². The van der Waals surface area contributed by atoms with Gasteiger partial charge in [0.05, 0.1) is 20.8 Å². The second-order valence-electron chi connectivity index (χ2n) is 6.82. The van der Waals surface area contributed by atoms with Crippen LogP contribution in [0.5, 0.6) is 0 Å². The lowest BCUT2D eigenvalue weighted by Crippen LogP contribution is -2.21. The molecule has 0 atom stereocenters. The monoisotopic (exact) mass is 452 g/mol. The minimum atomic E-state index is -4.27. The van der Waals surface area contributed by atoms with Crippen LogP contribution in [0.25, 0.3) is 10.2 Å². The van der Waals surface area contributed by atoms with E-state index in [2.05, 4.69) is 39.2 Å². The fraction of sp³-hybridized carbons (Fsp3) is 0.136. The van der Waals surface area contributed by atoms with Gasteiger partial charge in [-0.25, -0.2) is 4.98 Å². The third kappa shape index (κ3) is 5.13. The molecular weight excluding hydrogens is 432 g/mol. The number of rotatable bonds is 7. The Hall–Kier alpha value is -3.14. The van der Waals surface area contributed by atoms with Gasteiger partial charge in [0.2, 0.25) is 5.13 Å². The highest BCUT2D eigenvalue weighted by Crippen LogP contribution is 2.31. The van der Waals surface area contributed by atoms with Gasteiger partial charge in [-0.2, -0.15) is 8.42 Å². The maximum Gasteiger partial charge on any atom is 0.294 e. The Morgan fingerprint density at radius 3 is 2.42 bits per heavy atom. The van der Waals surface area contributed by atoms with E-state index in [1.807, 2.05) is 42.5 Å². The van der Waals surface area contributed by atoms with E-state index in [4.69, 9.17) is 0 Å². The topological polar surface area (TPSA) is 95.2 Å². The SMILES string of the molecule is CCN(Cc1ccccc1)c1ccc(N=Nc2nc3cc(S(=O)(=O)O)ccc3s2)cc1. The van der Waals surface area contributed by atoms with Gasteiger partial charge in [0, 0.05) is 18.8 Å². The Balaban J connectivity index is 1.49. The Morgan fingerprint density at radius 2 is 1.74 bits per heavy atom. The van der Waals surface area contributed by atoms with Gasteiger partial charge < -0.3 is 4.90 Å². The third-order valence-corrected chi connectivity index (χ3v) is 6.48. The van der Waals surface area contributed by atoms with Crippen LogP contribution in [0.2, 0.25) is 0 Å². The second-order valence-corrected chi connectivity index (χ2v) is 9.25. The van der Waals surface area contributed by atoms with Crippen LogP contribution in [0.4, 0.5) is 16.5 Å². The number of hydrogen-bond acceptors (Lipinski definition) is 7. The Labute approximate surface area is 184 Å². The second kappa shape index (κ2) is 8.93. The van der Waals surface area contributed by atoms with Crippen molar-refractivity contribution in [1.82, 2.24) is 4.98 Å². The maximum atomic E-state index is 11.3. The highest BCUT2D eigenvalue weighted by molar-refractivity contribution is 7.85. The van der Waals surface area contributed by atoms with Crippen molar-refractivity contribution in [2.75, 3.05) is 11.4 Å². The van der Waals surface area contributed by atoms with Crippen LogP contribution in [0.1, 0.15) is 12.5 Å². The summed E-state index contributed by atoms with van der Waals surface area (Å²) in [5.41, 5.74) is 3.49. The summed E-state index contributed by atoms with van der Waals surface area (Å²) in [4.78, 5) is 6.36. The molecule has 4 rings (SSSR count). The van der Waals surface area contributed by atoms with Gasteiger partial charge in [-0.15, -0.1) is 10.2 Å². The molecule has 0 saturated heterocycles. The molecule has 1 N–H and O–H groups in total. The minimum Gasteiger partial charge on any atom is -0.367 e. The Kier molecular flexibility index (Phi) is 6.08. The van der Waals surface area contributed by atoms with E-state index in [9.17, 15) is 13.0 Å². The molecular formula is C22H20N4O3S2. The predicted octanol–water partition coefficient (Wildman–Crippen LogP) is 5.98. The highest BCUT2D eigenvalue weighted by atomic mass is 32.2. The van der Waals surface area contributed by atoms with Crippen molar-refractivity contribution in [3.63, 3.8) is 0 Å². The molecule has 0 unspecified atom stereocenters. The predicted molar refractivity (Wildman–Crippen MR) is 123 cm³/mol. The molecule has 0 saturated carbocycles. The molecule has 9 heteroatoms. The van der Waals surface area contributed by atoms with Gasteiger partial charge in [-0.05, 0) is 55.0 Å². The normalized spacial score (nSPS) is 11.9. The summed E-state index contributed by atoms with van der Waals surface area (Å²) in [5.74, 6) is 0. The van der Waals surface area contributed by atoms with Gasteiger partial charge in [0.15, 0.2) is 0 Å². The fourth-order valence-corrected chi connectivity index (χ4v) is 4.39. The third-order valence-electron chi connectivity index (χ3n) is 4.71. The highest BCUT2D eigenvalue weighted by Gasteiger charge is 2.12. The number of aromatic nitrogens is 1. The van der Waals surface area contributed by atoms with E-state index in [-0.39, 0.29) is 4.90 Å². The number of hydrogen-bond donors (Lipinski definition) is 1. The lowest BCUT2D eigenvalue weighted by Gasteiger charge is -2.23. The molecule has 1 aromatic heterocycles. The molecule has 7 nitrogen and oxygen atoms in total. The number of benzene rings is 3. The fourth-order valence-electron chi connectivity index (χ4n) is 3.12. The van der Waals surface area contributed by atoms with Crippen molar-refractivity contribution in [3.05, 3.63) is 78.4 Å². The van der Waals surface area contributed by atoms with Crippen molar-refractivity contribution >= 4 is 48.2 Å². The van der Waals surface area contributed by atoms with Crippen LogP contribution in [-0.4, -0.2) is 24.5 Å². The van der Waals surface area contributed by atoms with Crippen LogP contribution in [0, 0.1) is 0 Å². The van der Waals surface area contributed by atoms with Gasteiger partial charge >= 0.3 is 0 Å². The average molecular weight is 453 g/mol. The maximum absolute atomic E-state index is 11.3. The summed E-state index contributed by atoms with van der Waals surface area (Å²) < 4.78 is 32.5. The largest absolute Gasteiger partial charge is 0.367 e. The molecule has 0 spiro atoms. The van der Waals surface area contributed by atoms with E-state index >= 15 is 0 Å². The van der Waals surface area contributed by atoms with Crippen LogP contribution in [0.3, 0.4) is 0 Å². The molecule has 1 heterocycles. The number of fused-ring (bicyclic) bond motifs is 1. The van der Waals surface area contributed by atoms with E-state index in [1.54, 1.807) is 6.07 Å². The van der Waals surface area contributed by atoms with Crippen LogP contribution >= 0.6 is 11.3 Å². The summed E-state index contributed by atoms with van der Waals surface area (Å²) in [6.07, 6.45) is 0. The number of anilines is 1. The van der Waals surface area contributed by atoms with Crippen LogP contribution in [0.15, 0.2) is 87.9 Å². The first-order chi connectivity index (χ1) is 14.9. The summed E-state index contributed by atoms with van der Waals surface area (Å²) in [7, 11) is -4.27. The van der Waals surface area contributed by atoms with Crippen molar-refractivity contribution in [2.24, 2.45) is 10.2 Å². The lowest BCUT2D eigenvalue weighted by atomic mass is 10.2. The van der Waals surface area contributed by atoms with Crippen molar-refractivity contribution in [2.45, 2.75) is 18.4 Å². The zero-order chi connectivity index (χ0) is 21.8. The van der Waals surface area contributed by atoms with E-state index in [0.29, 0.717) is 16.3 Å². The smallest absolute Gasteiger partial charge is 0.294 e. The summed E-state index contributed by atoms with van der Waals surface area (Å²) in [6, 6.07) is 22.4. The molecule has 0 aliphatic carbocycles. The Bertz CT molecular complexity index is 1320. The summed E-state index contributed by atoms with van der Waals surface area (Å²) in [6.45, 7) is 3.83. The molecule has 0 aliphatic rings. The molecule has 0 bridgehead atoms. The van der Waals surface area contributed by atoms with Crippen molar-refractivity contribution in [3.8, 4) is 0 Å². The zero-order valence-electron chi connectivity index (χ0n) is 16.7. The standard InChI is InChI=1S/C22H20N4O3S2/c1-2-26(15-16-6-4-3-5-7-16)18-10-8-17(9-11-18)24-25-22-23-20-14-19(31(27,28)29)12-13-21(20)30-22/h3-14H,2,15H2,1H3,(H,27,28,29). The first-order valence-electron chi connectivity index (χ1n) is 9.61. The Morgan fingerprint density at radius 1 is 1.00 bits per heavy atom. The molecule has 0 radical (unpaired) electrons.